The van der Waals surface area contributed by atoms with Crippen LogP contribution < -0.4 is 16.0 Å². The second kappa shape index (κ2) is 6.01. The van der Waals surface area contributed by atoms with E-state index in [0.717, 1.165) is 5.75 Å². The van der Waals surface area contributed by atoms with E-state index >= 15 is 0 Å². The number of nitrogen functional groups attached to an aromatic ring is 1. The number of nitrogens with two attached hydrogens (primary N) is 1. The van der Waals surface area contributed by atoms with Gasteiger partial charge in [0.05, 0.1) is 11.8 Å². The van der Waals surface area contributed by atoms with E-state index in [-0.39, 0.29) is 12.0 Å². The van der Waals surface area contributed by atoms with Crippen LogP contribution in [0.5, 0.6) is 5.75 Å². The zero-order valence-corrected chi connectivity index (χ0v) is 12.5. The first kappa shape index (κ1) is 15.1. The summed E-state index contributed by atoms with van der Waals surface area (Å²) in [4.78, 5) is 11.5. The molecule has 2 rings (SSSR count). The monoisotopic (exact) mass is 288 g/mol. The Morgan fingerprint density at radius 2 is 2.10 bits per heavy atom. The molecule has 5 nitrogen and oxygen atoms in total. The molecule has 0 aliphatic heterocycles. The van der Waals surface area contributed by atoms with Crippen LogP contribution in [0.1, 0.15) is 42.5 Å². The van der Waals surface area contributed by atoms with Gasteiger partial charge in [-0.15, -0.1) is 0 Å². The van der Waals surface area contributed by atoms with E-state index in [0.29, 0.717) is 11.3 Å². The van der Waals surface area contributed by atoms with E-state index in [4.69, 9.17) is 15.0 Å². The quantitative estimate of drug-likeness (QED) is 0.515. The fourth-order valence-corrected chi connectivity index (χ4v) is 1.93. The van der Waals surface area contributed by atoms with Crippen molar-refractivity contribution < 1.29 is 13.9 Å². The zero-order chi connectivity index (χ0) is 15.5. The van der Waals surface area contributed by atoms with Gasteiger partial charge in [0.1, 0.15) is 12.4 Å². The number of furan rings is 1. The van der Waals surface area contributed by atoms with Gasteiger partial charge in [-0.2, -0.15) is 0 Å². The number of carbonyl (C=O) groups excluding carboxylic acids is 1. The summed E-state index contributed by atoms with van der Waals surface area (Å²) < 4.78 is 11.0. The SMILES string of the molecule is CC(C)(C)c1cccc(OCc2occc2C(=O)NN)c1. The number of ether oxygens (including phenoxy) is 1. The summed E-state index contributed by atoms with van der Waals surface area (Å²) in [6.07, 6.45) is 1.44. The van der Waals surface area contributed by atoms with Gasteiger partial charge in [0.2, 0.25) is 0 Å². The minimum atomic E-state index is -0.397. The van der Waals surface area contributed by atoms with Crippen molar-refractivity contribution in [1.82, 2.24) is 5.43 Å². The Labute approximate surface area is 124 Å². The summed E-state index contributed by atoms with van der Waals surface area (Å²) in [5.74, 6) is 5.91. The molecular weight excluding hydrogens is 268 g/mol. The molecular formula is C16H20N2O3. The largest absolute Gasteiger partial charge is 0.486 e. The lowest BCUT2D eigenvalue weighted by molar-refractivity contribution is 0.0949. The van der Waals surface area contributed by atoms with E-state index in [9.17, 15) is 4.79 Å². The van der Waals surface area contributed by atoms with E-state index in [1.165, 1.54) is 11.8 Å². The molecule has 0 atom stereocenters. The number of carbonyl (C=O) groups is 1. The number of benzene rings is 1. The van der Waals surface area contributed by atoms with Gasteiger partial charge in [-0.3, -0.25) is 10.2 Å². The van der Waals surface area contributed by atoms with Gasteiger partial charge in [0.25, 0.3) is 5.91 Å². The van der Waals surface area contributed by atoms with Crippen molar-refractivity contribution in [3.05, 3.63) is 53.5 Å². The lowest BCUT2D eigenvalue weighted by Gasteiger charge is -2.19. The predicted octanol–water partition coefficient (Wildman–Crippen LogP) is 2.76. The molecule has 1 amide bonds. The Balaban J connectivity index is 2.11. The van der Waals surface area contributed by atoms with Crippen LogP contribution in [0.4, 0.5) is 0 Å². The van der Waals surface area contributed by atoms with E-state index in [2.05, 4.69) is 32.3 Å². The average Bonchev–Trinajstić information content (AvgIpc) is 2.92. The third-order valence-electron chi connectivity index (χ3n) is 3.19. The number of nitrogens with one attached hydrogen (secondary N) is 1. The fraction of sp³-hybridized carbons (Fsp3) is 0.312. The van der Waals surface area contributed by atoms with Crippen molar-refractivity contribution in [3.8, 4) is 5.75 Å². The third-order valence-corrected chi connectivity index (χ3v) is 3.19. The Morgan fingerprint density at radius 1 is 1.33 bits per heavy atom. The van der Waals surface area contributed by atoms with E-state index in [1.807, 2.05) is 18.2 Å². The molecule has 5 heteroatoms. The number of hydrogen-bond acceptors (Lipinski definition) is 4. The first-order chi connectivity index (χ1) is 9.91. The maximum Gasteiger partial charge on any atom is 0.268 e. The summed E-state index contributed by atoms with van der Waals surface area (Å²) in [6.45, 7) is 6.59. The van der Waals surface area contributed by atoms with E-state index in [1.54, 1.807) is 6.07 Å². The van der Waals surface area contributed by atoms with Crippen molar-refractivity contribution >= 4 is 5.91 Å². The molecule has 0 aliphatic carbocycles. The highest BCUT2D eigenvalue weighted by atomic mass is 16.5. The van der Waals surface area contributed by atoms with Crippen LogP contribution in [0.15, 0.2) is 41.0 Å². The minimum absolute atomic E-state index is 0.0502. The predicted molar refractivity (Wildman–Crippen MR) is 79.8 cm³/mol. The third kappa shape index (κ3) is 3.64. The highest BCUT2D eigenvalue weighted by Gasteiger charge is 2.16. The number of hydrazine groups is 1. The molecule has 1 aromatic heterocycles. The Morgan fingerprint density at radius 3 is 2.76 bits per heavy atom. The van der Waals surface area contributed by atoms with Crippen molar-refractivity contribution in [3.63, 3.8) is 0 Å². The van der Waals surface area contributed by atoms with Crippen LogP contribution in [0.25, 0.3) is 0 Å². The second-order valence-electron chi connectivity index (χ2n) is 5.80. The summed E-state index contributed by atoms with van der Waals surface area (Å²) in [5, 5.41) is 0. The molecule has 0 saturated heterocycles. The van der Waals surface area contributed by atoms with Crippen molar-refractivity contribution in [2.75, 3.05) is 0 Å². The molecule has 3 N–H and O–H groups in total. The normalized spacial score (nSPS) is 11.2. The smallest absolute Gasteiger partial charge is 0.268 e. The van der Waals surface area contributed by atoms with Gasteiger partial charge in [-0.25, -0.2) is 5.84 Å². The van der Waals surface area contributed by atoms with Crippen LogP contribution in [0, 0.1) is 0 Å². The molecule has 112 valence electrons. The Hall–Kier alpha value is -2.27. The van der Waals surface area contributed by atoms with Gasteiger partial charge in [-0.05, 0) is 29.2 Å². The lowest BCUT2D eigenvalue weighted by Crippen LogP contribution is -2.30. The van der Waals surface area contributed by atoms with Gasteiger partial charge in [0, 0.05) is 0 Å². The lowest BCUT2D eigenvalue weighted by atomic mass is 9.87. The Bertz CT molecular complexity index is 626. The number of hydrogen-bond donors (Lipinski definition) is 2. The average molecular weight is 288 g/mol. The van der Waals surface area contributed by atoms with Crippen LogP contribution in [-0.4, -0.2) is 5.91 Å². The zero-order valence-electron chi connectivity index (χ0n) is 12.5. The molecule has 21 heavy (non-hydrogen) atoms. The summed E-state index contributed by atoms with van der Waals surface area (Å²) >= 11 is 0. The molecule has 0 radical (unpaired) electrons. The summed E-state index contributed by atoms with van der Waals surface area (Å²) in [5.41, 5.74) is 3.69. The van der Waals surface area contributed by atoms with Crippen LogP contribution >= 0.6 is 0 Å². The fourth-order valence-electron chi connectivity index (χ4n) is 1.93. The number of rotatable bonds is 4. The highest BCUT2D eigenvalue weighted by molar-refractivity contribution is 5.94. The topological polar surface area (TPSA) is 77.5 Å². The van der Waals surface area contributed by atoms with Gasteiger partial charge in [0.15, 0.2) is 5.76 Å². The van der Waals surface area contributed by atoms with Crippen LogP contribution in [-0.2, 0) is 12.0 Å². The van der Waals surface area contributed by atoms with Gasteiger partial charge < -0.3 is 9.15 Å². The summed E-state index contributed by atoms with van der Waals surface area (Å²) in [6, 6.07) is 9.44. The second-order valence-corrected chi connectivity index (χ2v) is 5.80. The van der Waals surface area contributed by atoms with Gasteiger partial charge >= 0.3 is 0 Å². The molecule has 0 saturated carbocycles. The Kier molecular flexibility index (Phi) is 4.33. The van der Waals surface area contributed by atoms with E-state index < -0.39 is 5.91 Å². The van der Waals surface area contributed by atoms with Crippen molar-refractivity contribution in [1.29, 1.82) is 0 Å². The van der Waals surface area contributed by atoms with Crippen molar-refractivity contribution in [2.24, 2.45) is 5.84 Å². The molecule has 0 bridgehead atoms. The molecule has 0 unspecified atom stereocenters. The van der Waals surface area contributed by atoms with Crippen LogP contribution in [0.2, 0.25) is 0 Å². The minimum Gasteiger partial charge on any atom is -0.486 e. The maximum atomic E-state index is 11.5. The highest BCUT2D eigenvalue weighted by Crippen LogP contribution is 2.26. The summed E-state index contributed by atoms with van der Waals surface area (Å²) in [7, 11) is 0. The first-order valence-corrected chi connectivity index (χ1v) is 6.72. The molecule has 1 heterocycles. The molecule has 1 aromatic carbocycles. The standard InChI is InChI=1S/C16H20N2O3/c1-16(2,3)11-5-4-6-12(9-11)21-10-14-13(7-8-20-14)15(19)18-17/h4-9H,10,17H2,1-3H3,(H,18,19). The maximum absolute atomic E-state index is 11.5. The molecule has 0 fully saturated rings. The molecule has 0 spiro atoms. The number of amides is 1. The molecule has 2 aromatic rings. The van der Waals surface area contributed by atoms with Gasteiger partial charge in [-0.1, -0.05) is 32.9 Å². The first-order valence-electron chi connectivity index (χ1n) is 6.72. The van der Waals surface area contributed by atoms with Crippen LogP contribution in [0.3, 0.4) is 0 Å². The van der Waals surface area contributed by atoms with Crippen molar-refractivity contribution in [2.45, 2.75) is 32.8 Å². The molecule has 0 aliphatic rings.